The summed E-state index contributed by atoms with van der Waals surface area (Å²) in [4.78, 5) is 7.36. The van der Waals surface area contributed by atoms with Gasteiger partial charge in [-0.15, -0.1) is 0 Å². The Hall–Kier alpha value is -1.72. The highest BCUT2D eigenvalue weighted by Crippen LogP contribution is 2.11. The van der Waals surface area contributed by atoms with Crippen LogP contribution in [-0.4, -0.2) is 18.4 Å². The molecule has 0 aliphatic carbocycles. The molecule has 0 unspecified atom stereocenters. The Morgan fingerprint density at radius 1 is 1.06 bits per heavy atom. The van der Waals surface area contributed by atoms with Crippen LogP contribution in [0.3, 0.4) is 0 Å². The quantitative estimate of drug-likeness (QED) is 0.811. The van der Waals surface area contributed by atoms with Crippen molar-refractivity contribution in [3.8, 4) is 0 Å². The first kappa shape index (κ1) is 12.7. The van der Waals surface area contributed by atoms with E-state index in [0.717, 1.165) is 11.0 Å². The molecule has 4 nitrogen and oxygen atoms in total. The maximum absolute atomic E-state index is 11.9. The number of sulfone groups is 1. The first-order valence-electron chi connectivity index (χ1n) is 5.04. The summed E-state index contributed by atoms with van der Waals surface area (Å²) < 4.78 is 23.7. The van der Waals surface area contributed by atoms with Crippen molar-refractivity contribution in [2.45, 2.75) is 5.16 Å². The highest BCUT2D eigenvalue weighted by molar-refractivity contribution is 7.94. The summed E-state index contributed by atoms with van der Waals surface area (Å²) >= 11 is 5.60. The zero-order valence-electron chi connectivity index (χ0n) is 9.19. The topological polar surface area (TPSA) is 59.9 Å². The predicted octanol–water partition coefficient (Wildman–Crippen LogP) is 2.57. The molecule has 1 heterocycles. The Bertz CT molecular complexity index is 652. The molecule has 2 rings (SSSR count). The molecule has 0 aliphatic heterocycles. The molecule has 2 aromatic rings. The fourth-order valence-corrected chi connectivity index (χ4v) is 2.20. The van der Waals surface area contributed by atoms with Gasteiger partial charge in [-0.2, -0.15) is 0 Å². The summed E-state index contributed by atoms with van der Waals surface area (Å²) in [5.74, 6) is 0. The van der Waals surface area contributed by atoms with Crippen molar-refractivity contribution >= 4 is 27.5 Å². The van der Waals surface area contributed by atoms with E-state index in [0.29, 0.717) is 5.02 Å². The maximum atomic E-state index is 11.9. The van der Waals surface area contributed by atoms with Crippen molar-refractivity contribution in [2.75, 3.05) is 0 Å². The molecule has 1 aromatic carbocycles. The van der Waals surface area contributed by atoms with Crippen molar-refractivity contribution in [3.05, 3.63) is 58.7 Å². The van der Waals surface area contributed by atoms with Crippen LogP contribution in [0.5, 0.6) is 0 Å². The zero-order valence-corrected chi connectivity index (χ0v) is 10.8. The number of hydrogen-bond acceptors (Lipinski definition) is 4. The smallest absolute Gasteiger partial charge is 0.225 e. The normalized spacial score (nSPS) is 11.8. The molecule has 0 saturated heterocycles. The second-order valence-electron chi connectivity index (χ2n) is 3.44. The maximum Gasteiger partial charge on any atom is 0.251 e. The molecule has 92 valence electrons. The first-order chi connectivity index (χ1) is 8.58. The number of benzene rings is 1. The second kappa shape index (κ2) is 5.29. The summed E-state index contributed by atoms with van der Waals surface area (Å²) in [5.41, 5.74) is 0.787. The van der Waals surface area contributed by atoms with Gasteiger partial charge in [-0.25, -0.2) is 18.4 Å². The van der Waals surface area contributed by atoms with E-state index in [2.05, 4.69) is 9.97 Å². The minimum atomic E-state index is -3.64. The number of aromatic nitrogens is 2. The molecule has 0 radical (unpaired) electrons. The molecule has 0 aliphatic rings. The lowest BCUT2D eigenvalue weighted by molar-refractivity contribution is 0.596. The fraction of sp³-hybridized carbons (Fsp3) is 0. The summed E-state index contributed by atoms with van der Waals surface area (Å²) in [7, 11) is -3.64. The van der Waals surface area contributed by atoms with Crippen LogP contribution in [0.1, 0.15) is 5.56 Å². The Morgan fingerprint density at radius 2 is 1.67 bits per heavy atom. The van der Waals surface area contributed by atoms with Gasteiger partial charge >= 0.3 is 0 Å². The third-order valence-electron chi connectivity index (χ3n) is 2.09. The Morgan fingerprint density at radius 3 is 2.28 bits per heavy atom. The molecule has 1 aromatic heterocycles. The standard InChI is InChI=1S/C12H9ClN2O2S/c13-11-8-14-12(15-9-11)18(16,17)7-6-10-4-2-1-3-5-10/h1-9H/b7-6+. The van der Waals surface area contributed by atoms with Crippen molar-refractivity contribution in [1.29, 1.82) is 0 Å². The predicted molar refractivity (Wildman–Crippen MR) is 69.7 cm³/mol. The van der Waals surface area contributed by atoms with Crippen molar-refractivity contribution in [2.24, 2.45) is 0 Å². The second-order valence-corrected chi connectivity index (χ2v) is 5.61. The van der Waals surface area contributed by atoms with Gasteiger partial charge in [0, 0.05) is 5.41 Å². The lowest BCUT2D eigenvalue weighted by Crippen LogP contribution is -2.02. The van der Waals surface area contributed by atoms with E-state index in [9.17, 15) is 8.42 Å². The Labute approximate surface area is 110 Å². The van der Waals surface area contributed by atoms with E-state index in [-0.39, 0.29) is 5.16 Å². The zero-order chi connectivity index (χ0) is 13.0. The highest BCUT2D eigenvalue weighted by atomic mass is 35.5. The third kappa shape index (κ3) is 3.15. The lowest BCUT2D eigenvalue weighted by atomic mass is 10.2. The average molecular weight is 281 g/mol. The van der Waals surface area contributed by atoms with Gasteiger partial charge in [0.25, 0.3) is 5.16 Å². The molecule has 0 saturated carbocycles. The Kier molecular flexibility index (Phi) is 3.74. The minimum Gasteiger partial charge on any atom is -0.225 e. The van der Waals surface area contributed by atoms with Crippen molar-refractivity contribution in [1.82, 2.24) is 9.97 Å². The largest absolute Gasteiger partial charge is 0.251 e. The molecule has 0 N–H and O–H groups in total. The van der Waals surface area contributed by atoms with E-state index in [1.165, 1.54) is 18.5 Å². The molecule has 0 amide bonds. The fourth-order valence-electron chi connectivity index (χ4n) is 1.24. The minimum absolute atomic E-state index is 0.265. The van der Waals surface area contributed by atoms with Crippen LogP contribution in [0.2, 0.25) is 5.02 Å². The monoisotopic (exact) mass is 280 g/mol. The summed E-state index contributed by atoms with van der Waals surface area (Å²) in [5, 5.41) is 1.10. The first-order valence-corrected chi connectivity index (χ1v) is 6.96. The third-order valence-corrected chi connectivity index (χ3v) is 3.50. The summed E-state index contributed by atoms with van der Waals surface area (Å²) in [6, 6.07) is 9.10. The van der Waals surface area contributed by atoms with E-state index in [1.54, 1.807) is 12.1 Å². The molecular weight excluding hydrogens is 272 g/mol. The van der Waals surface area contributed by atoms with Crippen LogP contribution in [-0.2, 0) is 9.84 Å². The van der Waals surface area contributed by atoms with Crippen LogP contribution >= 0.6 is 11.6 Å². The van der Waals surface area contributed by atoms with Crippen LogP contribution < -0.4 is 0 Å². The molecular formula is C12H9ClN2O2S. The van der Waals surface area contributed by atoms with Gasteiger partial charge in [0.05, 0.1) is 17.4 Å². The lowest BCUT2D eigenvalue weighted by Gasteiger charge is -1.97. The van der Waals surface area contributed by atoms with Crippen LogP contribution in [0, 0.1) is 0 Å². The van der Waals surface area contributed by atoms with E-state index in [4.69, 9.17) is 11.6 Å². The molecule has 6 heteroatoms. The van der Waals surface area contributed by atoms with Crippen LogP contribution in [0.25, 0.3) is 6.08 Å². The van der Waals surface area contributed by atoms with Gasteiger partial charge in [-0.1, -0.05) is 41.9 Å². The molecule has 0 fully saturated rings. The van der Waals surface area contributed by atoms with E-state index in [1.807, 2.05) is 18.2 Å². The van der Waals surface area contributed by atoms with Gasteiger partial charge < -0.3 is 0 Å². The van der Waals surface area contributed by atoms with Gasteiger partial charge in [-0.05, 0) is 11.6 Å². The van der Waals surface area contributed by atoms with Gasteiger partial charge in [0.15, 0.2) is 0 Å². The SMILES string of the molecule is O=S(=O)(/C=C/c1ccccc1)c1ncc(Cl)cn1. The highest BCUT2D eigenvalue weighted by Gasteiger charge is 2.13. The molecule has 18 heavy (non-hydrogen) atoms. The number of halogens is 1. The van der Waals surface area contributed by atoms with E-state index < -0.39 is 9.84 Å². The Balaban J connectivity index is 2.28. The van der Waals surface area contributed by atoms with Gasteiger partial charge in [-0.3, -0.25) is 0 Å². The number of rotatable bonds is 3. The number of hydrogen-bond donors (Lipinski definition) is 0. The average Bonchev–Trinajstić information content (AvgIpc) is 2.38. The van der Waals surface area contributed by atoms with E-state index >= 15 is 0 Å². The van der Waals surface area contributed by atoms with Gasteiger partial charge in [0.1, 0.15) is 0 Å². The number of nitrogens with zero attached hydrogens (tertiary/aromatic N) is 2. The van der Waals surface area contributed by atoms with Crippen LogP contribution in [0.4, 0.5) is 0 Å². The van der Waals surface area contributed by atoms with Crippen molar-refractivity contribution in [3.63, 3.8) is 0 Å². The van der Waals surface area contributed by atoms with Crippen LogP contribution in [0.15, 0.2) is 53.3 Å². The summed E-state index contributed by atoms with van der Waals surface area (Å²) in [6.07, 6.45) is 3.99. The summed E-state index contributed by atoms with van der Waals surface area (Å²) in [6.45, 7) is 0. The molecule has 0 spiro atoms. The van der Waals surface area contributed by atoms with Gasteiger partial charge in [0.2, 0.25) is 9.84 Å². The molecule has 0 bridgehead atoms. The van der Waals surface area contributed by atoms with Crippen molar-refractivity contribution < 1.29 is 8.42 Å². The molecule has 0 atom stereocenters.